The van der Waals surface area contributed by atoms with Crippen LogP contribution in [0.3, 0.4) is 0 Å². The summed E-state index contributed by atoms with van der Waals surface area (Å²) in [5.74, 6) is 0. The molecule has 0 fully saturated rings. The van der Waals surface area contributed by atoms with E-state index in [1.807, 2.05) is 11.6 Å². The Labute approximate surface area is 110 Å². The lowest BCUT2D eigenvalue weighted by Crippen LogP contribution is -2.02. The molecule has 1 aromatic heterocycles. The molecule has 0 radical (unpaired) electrons. The van der Waals surface area contributed by atoms with Gasteiger partial charge in [0.1, 0.15) is 0 Å². The molecule has 3 nitrogen and oxygen atoms in total. The molecule has 0 saturated heterocycles. The van der Waals surface area contributed by atoms with Crippen molar-refractivity contribution in [3.05, 3.63) is 45.2 Å². The van der Waals surface area contributed by atoms with Gasteiger partial charge in [-0.3, -0.25) is 0 Å². The van der Waals surface area contributed by atoms with Crippen molar-refractivity contribution in [1.29, 1.82) is 0 Å². The van der Waals surface area contributed by atoms with Crippen molar-refractivity contribution in [2.75, 3.05) is 0 Å². The molecule has 0 amide bonds. The standard InChI is InChI=1S/C13H16BrN3/c1-8-4-5-11(6-13(8)14)17-10(3)12(7-15)9(2)16-17/h4-6H,7,15H2,1-3H3. The normalized spacial score (nSPS) is 10.9. The average Bonchev–Trinajstić information content (AvgIpc) is 2.58. The number of halogens is 1. The Bertz CT molecular complexity index is 558. The van der Waals surface area contributed by atoms with Gasteiger partial charge in [0.25, 0.3) is 0 Å². The van der Waals surface area contributed by atoms with Gasteiger partial charge in [-0.15, -0.1) is 0 Å². The van der Waals surface area contributed by atoms with E-state index >= 15 is 0 Å². The zero-order valence-corrected chi connectivity index (χ0v) is 11.9. The van der Waals surface area contributed by atoms with E-state index in [0.717, 1.165) is 27.1 Å². The van der Waals surface area contributed by atoms with Crippen molar-refractivity contribution in [2.45, 2.75) is 27.3 Å². The van der Waals surface area contributed by atoms with E-state index in [4.69, 9.17) is 5.73 Å². The first-order valence-corrected chi connectivity index (χ1v) is 6.35. The van der Waals surface area contributed by atoms with E-state index in [0.29, 0.717) is 6.54 Å². The van der Waals surface area contributed by atoms with Gasteiger partial charge in [0, 0.05) is 22.3 Å². The fourth-order valence-corrected chi connectivity index (χ4v) is 2.30. The highest BCUT2D eigenvalue weighted by Gasteiger charge is 2.11. The number of hydrogen-bond acceptors (Lipinski definition) is 2. The first-order chi connectivity index (χ1) is 8.04. The van der Waals surface area contributed by atoms with E-state index in [1.165, 1.54) is 5.56 Å². The molecule has 2 N–H and O–H groups in total. The second-order valence-corrected chi connectivity index (χ2v) is 5.05. The molecule has 0 aliphatic carbocycles. The molecule has 1 aromatic carbocycles. The lowest BCUT2D eigenvalue weighted by molar-refractivity contribution is 0.831. The minimum Gasteiger partial charge on any atom is -0.326 e. The van der Waals surface area contributed by atoms with Gasteiger partial charge in [0.2, 0.25) is 0 Å². The molecule has 2 aromatic rings. The van der Waals surface area contributed by atoms with E-state index in [9.17, 15) is 0 Å². The minimum atomic E-state index is 0.532. The first kappa shape index (κ1) is 12.3. The van der Waals surface area contributed by atoms with Crippen LogP contribution in [0.25, 0.3) is 5.69 Å². The molecule has 0 bridgehead atoms. The highest BCUT2D eigenvalue weighted by molar-refractivity contribution is 9.10. The summed E-state index contributed by atoms with van der Waals surface area (Å²) >= 11 is 3.54. The summed E-state index contributed by atoms with van der Waals surface area (Å²) < 4.78 is 3.04. The van der Waals surface area contributed by atoms with Gasteiger partial charge in [0.05, 0.1) is 11.4 Å². The number of nitrogens with two attached hydrogens (primary N) is 1. The third kappa shape index (κ3) is 2.15. The van der Waals surface area contributed by atoms with Crippen LogP contribution < -0.4 is 5.73 Å². The van der Waals surface area contributed by atoms with Crippen molar-refractivity contribution < 1.29 is 0 Å². The van der Waals surface area contributed by atoms with Gasteiger partial charge in [-0.2, -0.15) is 5.10 Å². The van der Waals surface area contributed by atoms with Crippen LogP contribution in [-0.2, 0) is 6.54 Å². The van der Waals surface area contributed by atoms with Crippen LogP contribution in [0.4, 0.5) is 0 Å². The number of aryl methyl sites for hydroxylation is 2. The lowest BCUT2D eigenvalue weighted by atomic mass is 10.2. The predicted molar refractivity (Wildman–Crippen MR) is 73.4 cm³/mol. The van der Waals surface area contributed by atoms with Crippen LogP contribution >= 0.6 is 15.9 Å². The largest absolute Gasteiger partial charge is 0.326 e. The quantitative estimate of drug-likeness (QED) is 0.925. The van der Waals surface area contributed by atoms with Gasteiger partial charge in [-0.1, -0.05) is 22.0 Å². The monoisotopic (exact) mass is 293 g/mol. The summed E-state index contributed by atoms with van der Waals surface area (Å²) in [7, 11) is 0. The molecule has 0 saturated carbocycles. The first-order valence-electron chi connectivity index (χ1n) is 5.56. The fraction of sp³-hybridized carbons (Fsp3) is 0.308. The smallest absolute Gasteiger partial charge is 0.0660 e. The third-order valence-corrected chi connectivity index (χ3v) is 3.90. The summed E-state index contributed by atoms with van der Waals surface area (Å²) in [6, 6.07) is 6.23. The van der Waals surface area contributed by atoms with Gasteiger partial charge < -0.3 is 5.73 Å². The van der Waals surface area contributed by atoms with E-state index in [1.54, 1.807) is 0 Å². The SMILES string of the molecule is Cc1ccc(-n2nc(C)c(CN)c2C)cc1Br. The molecule has 4 heteroatoms. The van der Waals surface area contributed by atoms with E-state index < -0.39 is 0 Å². The Kier molecular flexibility index (Phi) is 3.35. The number of hydrogen-bond donors (Lipinski definition) is 1. The Balaban J connectivity index is 2.57. The molecule has 1 heterocycles. The van der Waals surface area contributed by atoms with E-state index in [-0.39, 0.29) is 0 Å². The summed E-state index contributed by atoms with van der Waals surface area (Å²) in [5.41, 5.74) is 11.2. The van der Waals surface area contributed by atoms with Crippen LogP contribution in [0.1, 0.15) is 22.5 Å². The maximum absolute atomic E-state index is 5.73. The zero-order valence-electron chi connectivity index (χ0n) is 10.3. The van der Waals surface area contributed by atoms with Crippen LogP contribution in [0, 0.1) is 20.8 Å². The molecule has 0 aliphatic rings. The molecule has 17 heavy (non-hydrogen) atoms. The van der Waals surface area contributed by atoms with Crippen LogP contribution in [0.2, 0.25) is 0 Å². The summed E-state index contributed by atoms with van der Waals surface area (Å²) in [6.45, 7) is 6.65. The summed E-state index contributed by atoms with van der Waals surface area (Å²) in [5, 5.41) is 4.54. The average molecular weight is 294 g/mol. The molecule has 2 rings (SSSR count). The number of rotatable bonds is 2. The Morgan fingerprint density at radius 2 is 2.00 bits per heavy atom. The van der Waals surface area contributed by atoms with Gasteiger partial charge in [-0.25, -0.2) is 4.68 Å². The van der Waals surface area contributed by atoms with Gasteiger partial charge >= 0.3 is 0 Å². The number of aromatic nitrogens is 2. The maximum atomic E-state index is 5.73. The third-order valence-electron chi connectivity index (χ3n) is 3.05. The predicted octanol–water partition coefficient (Wildman–Crippen LogP) is 3.02. The Hall–Kier alpha value is -1.13. The molecule has 90 valence electrons. The maximum Gasteiger partial charge on any atom is 0.0660 e. The summed E-state index contributed by atoms with van der Waals surface area (Å²) in [6.07, 6.45) is 0. The lowest BCUT2D eigenvalue weighted by Gasteiger charge is -2.07. The molecule has 0 unspecified atom stereocenters. The van der Waals surface area contributed by atoms with Crippen LogP contribution in [0.15, 0.2) is 22.7 Å². The second-order valence-electron chi connectivity index (χ2n) is 4.20. The second kappa shape index (κ2) is 4.63. The molecule has 0 aliphatic heterocycles. The minimum absolute atomic E-state index is 0.532. The topological polar surface area (TPSA) is 43.8 Å². The van der Waals surface area contributed by atoms with Crippen molar-refractivity contribution in [3.8, 4) is 5.69 Å². The van der Waals surface area contributed by atoms with Gasteiger partial charge in [0.15, 0.2) is 0 Å². The highest BCUT2D eigenvalue weighted by atomic mass is 79.9. The van der Waals surface area contributed by atoms with E-state index in [2.05, 4.69) is 53.1 Å². The summed E-state index contributed by atoms with van der Waals surface area (Å²) in [4.78, 5) is 0. The Morgan fingerprint density at radius 3 is 2.53 bits per heavy atom. The zero-order chi connectivity index (χ0) is 12.6. The molecular weight excluding hydrogens is 278 g/mol. The van der Waals surface area contributed by atoms with Crippen molar-refractivity contribution in [2.24, 2.45) is 5.73 Å². The number of nitrogens with zero attached hydrogens (tertiary/aromatic N) is 2. The van der Waals surface area contributed by atoms with Crippen LogP contribution in [-0.4, -0.2) is 9.78 Å². The van der Waals surface area contributed by atoms with Crippen LogP contribution in [0.5, 0.6) is 0 Å². The van der Waals surface area contributed by atoms with Crippen molar-refractivity contribution in [3.63, 3.8) is 0 Å². The Morgan fingerprint density at radius 1 is 1.29 bits per heavy atom. The van der Waals surface area contributed by atoms with Crippen molar-refractivity contribution >= 4 is 15.9 Å². The highest BCUT2D eigenvalue weighted by Crippen LogP contribution is 2.22. The fourth-order valence-electron chi connectivity index (χ4n) is 1.94. The molecular formula is C13H16BrN3. The molecule has 0 atom stereocenters. The number of benzene rings is 1. The van der Waals surface area contributed by atoms with Crippen molar-refractivity contribution in [1.82, 2.24) is 9.78 Å². The molecule has 0 spiro atoms. The van der Waals surface area contributed by atoms with Gasteiger partial charge in [-0.05, 0) is 38.5 Å².